The number of nitrogens with one attached hydrogen (secondary N) is 1. The Bertz CT molecular complexity index is 123. The summed E-state index contributed by atoms with van der Waals surface area (Å²) in [5.74, 6) is 0. The molecule has 0 unspecified atom stereocenters. The van der Waals surface area contributed by atoms with Crippen molar-refractivity contribution in [3.63, 3.8) is 0 Å². The largest absolute Gasteiger partial charge is 0.394 e. The molecule has 0 aromatic rings. The van der Waals surface area contributed by atoms with Gasteiger partial charge in [0.25, 0.3) is 0 Å². The number of rotatable bonds is 4. The molecule has 0 heterocycles. The molecule has 0 aliphatic carbocycles. The van der Waals surface area contributed by atoms with Crippen molar-refractivity contribution in [2.45, 2.75) is 26.7 Å². The minimum atomic E-state index is 1.18. The predicted octanol–water partition coefficient (Wildman–Crippen LogP) is 2.47. The number of hydrogen-bond acceptors (Lipinski definition) is 1. The lowest BCUT2D eigenvalue weighted by atomic mass is 10.2. The third-order valence-corrected chi connectivity index (χ3v) is 1.27. The van der Waals surface area contributed by atoms with E-state index in [1.807, 2.05) is 13.2 Å². The molecule has 0 aliphatic heterocycles. The predicted molar refractivity (Wildman–Crippen MR) is 46.9 cm³/mol. The molecule has 0 rings (SSSR count). The molecule has 0 bridgehead atoms. The van der Waals surface area contributed by atoms with Crippen LogP contribution in [0.1, 0.15) is 26.7 Å². The van der Waals surface area contributed by atoms with E-state index < -0.39 is 0 Å². The highest BCUT2D eigenvalue weighted by atomic mass is 14.8. The lowest BCUT2D eigenvalue weighted by Crippen LogP contribution is -1.90. The normalized spacial score (nSPS) is 12.5. The summed E-state index contributed by atoms with van der Waals surface area (Å²) < 4.78 is 0. The molecule has 58 valence electrons. The van der Waals surface area contributed by atoms with Crippen LogP contribution >= 0.6 is 0 Å². The van der Waals surface area contributed by atoms with Crippen LogP contribution < -0.4 is 5.32 Å². The van der Waals surface area contributed by atoms with Crippen molar-refractivity contribution in [2.24, 2.45) is 0 Å². The summed E-state index contributed by atoms with van der Waals surface area (Å²) in [5, 5.41) is 2.95. The molecule has 0 aromatic heterocycles. The quantitative estimate of drug-likeness (QED) is 0.590. The number of allylic oxidation sites excluding steroid dienone is 3. The second-order valence-electron chi connectivity index (χ2n) is 2.36. The van der Waals surface area contributed by atoms with Crippen LogP contribution in [0, 0.1) is 0 Å². The van der Waals surface area contributed by atoms with Crippen molar-refractivity contribution in [3.05, 3.63) is 23.9 Å². The Hall–Kier alpha value is -0.720. The molecular formula is C9H17N. The summed E-state index contributed by atoms with van der Waals surface area (Å²) in [5.41, 5.74) is 1.33. The summed E-state index contributed by atoms with van der Waals surface area (Å²) >= 11 is 0. The van der Waals surface area contributed by atoms with E-state index in [4.69, 9.17) is 0 Å². The minimum absolute atomic E-state index is 1.18. The molecule has 0 fully saturated rings. The highest BCUT2D eigenvalue weighted by molar-refractivity contribution is 5.14. The second kappa shape index (κ2) is 6.40. The Balaban J connectivity index is 3.59. The lowest BCUT2D eigenvalue weighted by Gasteiger charge is -1.90. The van der Waals surface area contributed by atoms with Crippen molar-refractivity contribution in [1.82, 2.24) is 5.32 Å². The van der Waals surface area contributed by atoms with Crippen LogP contribution in [0.4, 0.5) is 0 Å². The molecule has 0 saturated carbocycles. The highest BCUT2D eigenvalue weighted by Gasteiger charge is 1.78. The molecule has 0 saturated heterocycles. The van der Waals surface area contributed by atoms with Crippen LogP contribution in [0.15, 0.2) is 23.9 Å². The van der Waals surface area contributed by atoms with Gasteiger partial charge < -0.3 is 5.32 Å². The Morgan fingerprint density at radius 2 is 2.20 bits per heavy atom. The molecular weight excluding hydrogens is 122 g/mol. The first-order chi connectivity index (χ1) is 4.81. The van der Waals surface area contributed by atoms with Gasteiger partial charge in [-0.15, -0.1) is 0 Å². The Kier molecular flexibility index (Phi) is 5.94. The van der Waals surface area contributed by atoms with E-state index in [1.165, 1.54) is 18.4 Å². The zero-order chi connectivity index (χ0) is 7.82. The molecule has 0 radical (unpaired) electrons. The summed E-state index contributed by atoms with van der Waals surface area (Å²) in [6.45, 7) is 4.30. The van der Waals surface area contributed by atoms with Crippen LogP contribution in [0.3, 0.4) is 0 Å². The van der Waals surface area contributed by atoms with E-state index in [0.29, 0.717) is 0 Å². The van der Waals surface area contributed by atoms with Gasteiger partial charge in [0.15, 0.2) is 0 Å². The fraction of sp³-hybridized carbons (Fsp3) is 0.556. The van der Waals surface area contributed by atoms with E-state index >= 15 is 0 Å². The van der Waals surface area contributed by atoms with Gasteiger partial charge >= 0.3 is 0 Å². The topological polar surface area (TPSA) is 12.0 Å². The zero-order valence-electron chi connectivity index (χ0n) is 7.15. The Morgan fingerprint density at radius 3 is 2.70 bits per heavy atom. The molecule has 0 aromatic carbocycles. The molecule has 1 nitrogen and oxygen atoms in total. The molecule has 0 amide bonds. The summed E-state index contributed by atoms with van der Waals surface area (Å²) in [7, 11) is 1.91. The molecule has 0 spiro atoms. The van der Waals surface area contributed by atoms with Crippen molar-refractivity contribution in [3.8, 4) is 0 Å². The van der Waals surface area contributed by atoms with E-state index in [1.54, 1.807) is 0 Å². The third kappa shape index (κ3) is 5.42. The SMILES string of the molecule is CCC/C=C(C)/C=C\NC. The van der Waals surface area contributed by atoms with Gasteiger partial charge in [0.05, 0.1) is 0 Å². The van der Waals surface area contributed by atoms with Gasteiger partial charge in [0.1, 0.15) is 0 Å². The van der Waals surface area contributed by atoms with E-state index in [0.717, 1.165) is 0 Å². The first kappa shape index (κ1) is 9.28. The first-order valence-electron chi connectivity index (χ1n) is 3.81. The zero-order valence-corrected chi connectivity index (χ0v) is 7.15. The Morgan fingerprint density at radius 1 is 1.50 bits per heavy atom. The van der Waals surface area contributed by atoms with Gasteiger partial charge in [-0.3, -0.25) is 0 Å². The highest BCUT2D eigenvalue weighted by Crippen LogP contribution is 1.98. The minimum Gasteiger partial charge on any atom is -0.394 e. The maximum Gasteiger partial charge on any atom is 0.00277 e. The lowest BCUT2D eigenvalue weighted by molar-refractivity contribution is 0.951. The average Bonchev–Trinajstić information content (AvgIpc) is 1.97. The van der Waals surface area contributed by atoms with Crippen molar-refractivity contribution < 1.29 is 0 Å². The fourth-order valence-electron chi connectivity index (χ4n) is 0.655. The van der Waals surface area contributed by atoms with Gasteiger partial charge in [0.2, 0.25) is 0 Å². The van der Waals surface area contributed by atoms with Crippen molar-refractivity contribution >= 4 is 0 Å². The van der Waals surface area contributed by atoms with Crippen molar-refractivity contribution in [2.75, 3.05) is 7.05 Å². The average molecular weight is 139 g/mol. The van der Waals surface area contributed by atoms with Crippen molar-refractivity contribution in [1.29, 1.82) is 0 Å². The second-order valence-corrected chi connectivity index (χ2v) is 2.36. The molecule has 1 heteroatoms. The summed E-state index contributed by atoms with van der Waals surface area (Å²) in [6, 6.07) is 0. The first-order valence-corrected chi connectivity index (χ1v) is 3.81. The molecule has 0 aliphatic rings. The summed E-state index contributed by atoms with van der Waals surface area (Å²) in [6.07, 6.45) is 8.68. The number of unbranched alkanes of at least 4 members (excludes halogenated alkanes) is 1. The van der Waals surface area contributed by atoms with Gasteiger partial charge in [-0.25, -0.2) is 0 Å². The standard InChI is InChI=1S/C9H17N/c1-4-5-6-9(2)7-8-10-3/h6-8,10H,4-5H2,1-3H3/b8-7-,9-6+. The monoisotopic (exact) mass is 139 g/mol. The number of hydrogen-bond donors (Lipinski definition) is 1. The van der Waals surface area contributed by atoms with Crippen LogP contribution in [-0.4, -0.2) is 7.05 Å². The maximum absolute atomic E-state index is 2.95. The van der Waals surface area contributed by atoms with E-state index in [-0.39, 0.29) is 0 Å². The molecule has 10 heavy (non-hydrogen) atoms. The van der Waals surface area contributed by atoms with Gasteiger partial charge in [-0.2, -0.15) is 0 Å². The van der Waals surface area contributed by atoms with E-state index in [2.05, 4.69) is 31.3 Å². The molecule has 0 atom stereocenters. The molecule has 1 N–H and O–H groups in total. The van der Waals surface area contributed by atoms with Gasteiger partial charge in [-0.05, 0) is 25.6 Å². The van der Waals surface area contributed by atoms with Crippen LogP contribution in [-0.2, 0) is 0 Å². The Labute approximate surface area is 63.8 Å². The fourth-order valence-corrected chi connectivity index (χ4v) is 0.655. The maximum atomic E-state index is 2.95. The van der Waals surface area contributed by atoms with Gasteiger partial charge in [0, 0.05) is 7.05 Å². The third-order valence-electron chi connectivity index (χ3n) is 1.27. The van der Waals surface area contributed by atoms with Crippen LogP contribution in [0.5, 0.6) is 0 Å². The van der Waals surface area contributed by atoms with Gasteiger partial charge in [-0.1, -0.05) is 25.0 Å². The summed E-state index contributed by atoms with van der Waals surface area (Å²) in [4.78, 5) is 0. The van der Waals surface area contributed by atoms with Crippen LogP contribution in [0.2, 0.25) is 0 Å². The van der Waals surface area contributed by atoms with Crippen LogP contribution in [0.25, 0.3) is 0 Å². The van der Waals surface area contributed by atoms with E-state index in [9.17, 15) is 0 Å². The smallest absolute Gasteiger partial charge is 0.00277 e.